The largest absolute Gasteiger partial charge is 0.496 e. The number of amides is 2. The van der Waals surface area contributed by atoms with Crippen LogP contribution in [0.3, 0.4) is 0 Å². The lowest BCUT2D eigenvalue weighted by molar-refractivity contribution is -0.118. The van der Waals surface area contributed by atoms with E-state index in [-0.39, 0.29) is 48.7 Å². The van der Waals surface area contributed by atoms with Crippen LogP contribution in [0, 0.1) is 5.92 Å². The van der Waals surface area contributed by atoms with Crippen LogP contribution in [-0.2, 0) is 11.3 Å². The molecule has 10 nitrogen and oxygen atoms in total. The zero-order valence-electron chi connectivity index (χ0n) is 19.6. The van der Waals surface area contributed by atoms with E-state index in [1.165, 1.54) is 16.6 Å². The van der Waals surface area contributed by atoms with Gasteiger partial charge < -0.3 is 20.7 Å². The van der Waals surface area contributed by atoms with Crippen molar-refractivity contribution in [3.05, 3.63) is 50.7 Å². The number of nitrogens with one attached hydrogen (secondary N) is 2. The standard InChI is InChI=1S/C23H33N5O5/c1-5-6-13-27-20(24)19(22(31)26-23(27)32)28(14-15(2)3)18(29)11-12-25-21(30)16-9-7-8-10-17(16)33-4/h7-10,15H,5-6,11-14,24H2,1-4H3,(H,25,30)(H,26,31,32). The lowest BCUT2D eigenvalue weighted by atomic mass is 10.1. The number of nitrogens with zero attached hydrogens (tertiary/aromatic N) is 2. The molecule has 0 fully saturated rings. The van der Waals surface area contributed by atoms with Crippen molar-refractivity contribution in [2.24, 2.45) is 5.92 Å². The molecule has 0 spiro atoms. The number of unbranched alkanes of at least 4 members (excludes halogenated alkanes) is 1. The van der Waals surface area contributed by atoms with Crippen LogP contribution < -0.4 is 31.9 Å². The zero-order valence-corrected chi connectivity index (χ0v) is 19.6. The summed E-state index contributed by atoms with van der Waals surface area (Å²) in [5.41, 5.74) is 5.19. The molecule has 0 aliphatic rings. The minimum Gasteiger partial charge on any atom is -0.496 e. The van der Waals surface area contributed by atoms with E-state index in [1.54, 1.807) is 24.3 Å². The van der Waals surface area contributed by atoms with E-state index in [9.17, 15) is 19.2 Å². The molecule has 0 aliphatic carbocycles. The third kappa shape index (κ3) is 6.47. The van der Waals surface area contributed by atoms with Gasteiger partial charge >= 0.3 is 5.69 Å². The summed E-state index contributed by atoms with van der Waals surface area (Å²) in [5.74, 6) is -0.337. The van der Waals surface area contributed by atoms with Gasteiger partial charge in [0.2, 0.25) is 5.91 Å². The van der Waals surface area contributed by atoms with Gasteiger partial charge in [-0.15, -0.1) is 0 Å². The van der Waals surface area contributed by atoms with Crippen LogP contribution in [0.5, 0.6) is 5.75 Å². The molecule has 0 unspecified atom stereocenters. The second-order valence-electron chi connectivity index (χ2n) is 8.10. The number of para-hydroxylation sites is 1. The Bertz CT molecular complexity index is 1090. The fourth-order valence-electron chi connectivity index (χ4n) is 3.40. The van der Waals surface area contributed by atoms with Crippen molar-refractivity contribution in [3.63, 3.8) is 0 Å². The number of ether oxygens (including phenoxy) is 1. The molecule has 1 heterocycles. The summed E-state index contributed by atoms with van der Waals surface area (Å²) in [6.07, 6.45) is 1.48. The summed E-state index contributed by atoms with van der Waals surface area (Å²) in [7, 11) is 1.47. The molecule has 0 saturated carbocycles. The van der Waals surface area contributed by atoms with Gasteiger partial charge in [0.1, 0.15) is 11.6 Å². The maximum Gasteiger partial charge on any atom is 0.330 e. The van der Waals surface area contributed by atoms with E-state index < -0.39 is 11.2 Å². The summed E-state index contributed by atoms with van der Waals surface area (Å²) >= 11 is 0. The molecule has 10 heteroatoms. The van der Waals surface area contributed by atoms with Crippen LogP contribution in [0.2, 0.25) is 0 Å². The second kappa shape index (κ2) is 11.9. The van der Waals surface area contributed by atoms with Crippen molar-refractivity contribution in [2.75, 3.05) is 30.8 Å². The highest BCUT2D eigenvalue weighted by Gasteiger charge is 2.25. The Balaban J connectivity index is 2.23. The first-order chi connectivity index (χ1) is 15.7. The van der Waals surface area contributed by atoms with Crippen molar-refractivity contribution < 1.29 is 14.3 Å². The van der Waals surface area contributed by atoms with Gasteiger partial charge in [0.15, 0.2) is 5.69 Å². The predicted octanol–water partition coefficient (Wildman–Crippen LogP) is 1.74. The van der Waals surface area contributed by atoms with Crippen molar-refractivity contribution in [1.82, 2.24) is 14.9 Å². The summed E-state index contributed by atoms with van der Waals surface area (Å²) < 4.78 is 6.47. The van der Waals surface area contributed by atoms with Crippen LogP contribution in [0.25, 0.3) is 0 Å². The van der Waals surface area contributed by atoms with E-state index in [0.29, 0.717) is 24.3 Å². The number of nitrogens with two attached hydrogens (primary N) is 1. The van der Waals surface area contributed by atoms with Gasteiger partial charge in [0, 0.05) is 26.1 Å². The number of nitrogen functional groups attached to an aromatic ring is 1. The number of carbonyl (C=O) groups is 2. The van der Waals surface area contributed by atoms with Crippen molar-refractivity contribution >= 4 is 23.3 Å². The van der Waals surface area contributed by atoms with E-state index in [1.807, 2.05) is 20.8 Å². The maximum absolute atomic E-state index is 13.1. The quantitative estimate of drug-likeness (QED) is 0.468. The molecule has 2 aromatic rings. The molecule has 4 N–H and O–H groups in total. The first kappa shape index (κ1) is 25.7. The minimum absolute atomic E-state index is 0.0342. The number of aromatic nitrogens is 2. The molecular weight excluding hydrogens is 426 g/mol. The molecular formula is C23H33N5O5. The van der Waals surface area contributed by atoms with E-state index in [2.05, 4.69) is 10.3 Å². The average molecular weight is 460 g/mol. The molecule has 2 amide bonds. The lowest BCUT2D eigenvalue weighted by Crippen LogP contribution is -2.43. The minimum atomic E-state index is -0.711. The number of carbonyl (C=O) groups excluding carboxylic acids is 2. The highest BCUT2D eigenvalue weighted by Crippen LogP contribution is 2.20. The summed E-state index contributed by atoms with van der Waals surface area (Å²) in [4.78, 5) is 54.0. The predicted molar refractivity (Wildman–Crippen MR) is 128 cm³/mol. The Morgan fingerprint density at radius 2 is 1.94 bits per heavy atom. The van der Waals surface area contributed by atoms with Crippen LogP contribution in [0.1, 0.15) is 50.4 Å². The fourth-order valence-corrected chi connectivity index (χ4v) is 3.40. The van der Waals surface area contributed by atoms with Crippen molar-refractivity contribution in [1.29, 1.82) is 0 Å². The van der Waals surface area contributed by atoms with Gasteiger partial charge in [-0.1, -0.05) is 39.3 Å². The molecule has 2 rings (SSSR count). The zero-order chi connectivity index (χ0) is 24.5. The van der Waals surface area contributed by atoms with Gasteiger partial charge in [-0.25, -0.2) is 4.79 Å². The van der Waals surface area contributed by atoms with Crippen LogP contribution in [-0.4, -0.2) is 41.6 Å². The topological polar surface area (TPSA) is 140 Å². The molecule has 180 valence electrons. The number of aromatic amines is 1. The Morgan fingerprint density at radius 1 is 1.24 bits per heavy atom. The van der Waals surface area contributed by atoms with Gasteiger partial charge in [0.25, 0.3) is 11.5 Å². The van der Waals surface area contributed by atoms with Gasteiger partial charge in [0.05, 0.1) is 12.7 Å². The van der Waals surface area contributed by atoms with Crippen molar-refractivity contribution in [2.45, 2.75) is 46.6 Å². The SMILES string of the molecule is CCCCn1c(N)c(N(CC(C)C)C(=O)CCNC(=O)c2ccccc2OC)c(=O)[nH]c1=O. The molecule has 0 atom stereocenters. The summed E-state index contributed by atoms with van der Waals surface area (Å²) in [6.45, 7) is 6.41. The van der Waals surface area contributed by atoms with Crippen LogP contribution in [0.15, 0.2) is 33.9 Å². The molecule has 0 aliphatic heterocycles. The maximum atomic E-state index is 13.1. The number of benzene rings is 1. The highest BCUT2D eigenvalue weighted by molar-refractivity contribution is 5.98. The molecule has 0 bridgehead atoms. The van der Waals surface area contributed by atoms with Crippen LogP contribution >= 0.6 is 0 Å². The number of anilines is 2. The lowest BCUT2D eigenvalue weighted by Gasteiger charge is -2.26. The smallest absolute Gasteiger partial charge is 0.330 e. The third-order valence-corrected chi connectivity index (χ3v) is 5.04. The number of hydrogen-bond donors (Lipinski definition) is 3. The van der Waals surface area contributed by atoms with Gasteiger partial charge in [-0.05, 0) is 24.5 Å². The second-order valence-corrected chi connectivity index (χ2v) is 8.10. The number of methoxy groups -OCH3 is 1. The van der Waals surface area contributed by atoms with E-state index in [4.69, 9.17) is 10.5 Å². The fraction of sp³-hybridized carbons (Fsp3) is 0.478. The normalized spacial score (nSPS) is 10.8. The molecule has 0 radical (unpaired) electrons. The summed E-state index contributed by atoms with van der Waals surface area (Å²) in [6, 6.07) is 6.77. The average Bonchev–Trinajstić information content (AvgIpc) is 2.77. The van der Waals surface area contributed by atoms with Crippen LogP contribution in [0.4, 0.5) is 11.5 Å². The third-order valence-electron chi connectivity index (χ3n) is 5.04. The first-order valence-corrected chi connectivity index (χ1v) is 11.0. The van der Waals surface area contributed by atoms with E-state index >= 15 is 0 Å². The molecule has 1 aromatic carbocycles. The molecule has 33 heavy (non-hydrogen) atoms. The number of rotatable bonds is 11. The molecule has 0 saturated heterocycles. The first-order valence-electron chi connectivity index (χ1n) is 11.0. The Kier molecular flexibility index (Phi) is 9.26. The molecule has 1 aromatic heterocycles. The summed E-state index contributed by atoms with van der Waals surface area (Å²) in [5, 5.41) is 2.70. The number of H-pyrrole nitrogens is 1. The van der Waals surface area contributed by atoms with E-state index in [0.717, 1.165) is 6.42 Å². The number of hydrogen-bond acceptors (Lipinski definition) is 6. The Hall–Kier alpha value is -3.56. The Morgan fingerprint density at radius 3 is 2.58 bits per heavy atom. The monoisotopic (exact) mass is 459 g/mol. The van der Waals surface area contributed by atoms with Gasteiger partial charge in [-0.2, -0.15) is 0 Å². The van der Waals surface area contributed by atoms with Crippen molar-refractivity contribution in [3.8, 4) is 5.75 Å². The Labute approximate surface area is 192 Å². The van der Waals surface area contributed by atoms with Gasteiger partial charge in [-0.3, -0.25) is 23.9 Å². The highest BCUT2D eigenvalue weighted by atomic mass is 16.5.